The summed E-state index contributed by atoms with van der Waals surface area (Å²) in [5.74, 6) is 1.41. The lowest BCUT2D eigenvalue weighted by atomic mass is 9.94. The molecule has 1 aromatic heterocycles. The molecule has 1 saturated carbocycles. The highest BCUT2D eigenvalue weighted by molar-refractivity contribution is 5.00. The van der Waals surface area contributed by atoms with Crippen LogP contribution in [0.25, 0.3) is 0 Å². The van der Waals surface area contributed by atoms with Crippen molar-refractivity contribution in [2.24, 2.45) is 0 Å². The van der Waals surface area contributed by atoms with Crippen molar-refractivity contribution < 1.29 is 9.63 Å². The molecule has 1 fully saturated rings. The van der Waals surface area contributed by atoms with Crippen molar-refractivity contribution in [3.63, 3.8) is 0 Å². The smallest absolute Gasteiger partial charge is 0.240 e. The van der Waals surface area contributed by atoms with Crippen molar-refractivity contribution >= 4 is 0 Å². The predicted molar refractivity (Wildman–Crippen MR) is 77.4 cm³/mol. The third-order valence-corrected chi connectivity index (χ3v) is 3.96. The molecule has 0 radical (unpaired) electrons. The first-order chi connectivity index (χ1) is 9.50. The maximum atomic E-state index is 9.27. The summed E-state index contributed by atoms with van der Waals surface area (Å²) in [5.41, 5.74) is -0.0889. The molecule has 1 aliphatic rings. The van der Waals surface area contributed by atoms with Gasteiger partial charge < -0.3 is 9.63 Å². The zero-order valence-electron chi connectivity index (χ0n) is 12.9. The fourth-order valence-corrected chi connectivity index (χ4v) is 2.76. The second kappa shape index (κ2) is 6.68. The number of hydrogen-bond acceptors (Lipinski definition) is 5. The highest BCUT2D eigenvalue weighted by Crippen LogP contribution is 2.24. The zero-order valence-corrected chi connectivity index (χ0v) is 12.9. The minimum Gasteiger partial charge on any atom is -0.395 e. The minimum absolute atomic E-state index is 0.0889. The molecule has 5 heteroatoms. The Balaban J connectivity index is 2.01. The van der Waals surface area contributed by atoms with E-state index in [-0.39, 0.29) is 12.0 Å². The summed E-state index contributed by atoms with van der Waals surface area (Å²) < 4.78 is 5.37. The standard InChI is InChI=1S/C15H27N3O2/c1-15(2,3)14-16-13(20-17-14)11-18(9-10-19)12-7-5-4-6-8-12/h12,19H,4-11H2,1-3H3. The Kier molecular flexibility index (Phi) is 5.16. The van der Waals surface area contributed by atoms with Crippen molar-refractivity contribution in [1.82, 2.24) is 15.0 Å². The summed E-state index contributed by atoms with van der Waals surface area (Å²) in [6.45, 7) is 7.74. The quantitative estimate of drug-likeness (QED) is 0.898. The van der Waals surface area contributed by atoms with E-state index >= 15 is 0 Å². The Morgan fingerprint density at radius 3 is 2.50 bits per heavy atom. The highest BCUT2D eigenvalue weighted by atomic mass is 16.5. The molecule has 0 atom stereocenters. The van der Waals surface area contributed by atoms with Crippen LogP contribution in [-0.2, 0) is 12.0 Å². The first-order valence-electron chi connectivity index (χ1n) is 7.68. The molecule has 1 aromatic rings. The van der Waals surface area contributed by atoms with Crippen LogP contribution < -0.4 is 0 Å². The highest BCUT2D eigenvalue weighted by Gasteiger charge is 2.25. The van der Waals surface area contributed by atoms with Gasteiger partial charge in [-0.15, -0.1) is 0 Å². The lowest BCUT2D eigenvalue weighted by Crippen LogP contribution is -2.38. The van der Waals surface area contributed by atoms with Crippen LogP contribution in [0.3, 0.4) is 0 Å². The van der Waals surface area contributed by atoms with Gasteiger partial charge in [-0.2, -0.15) is 4.98 Å². The van der Waals surface area contributed by atoms with E-state index in [0.717, 1.165) is 5.82 Å². The average Bonchev–Trinajstić information content (AvgIpc) is 2.88. The van der Waals surface area contributed by atoms with Crippen LogP contribution in [0.5, 0.6) is 0 Å². The third kappa shape index (κ3) is 4.03. The molecule has 5 nitrogen and oxygen atoms in total. The third-order valence-electron chi connectivity index (χ3n) is 3.96. The van der Waals surface area contributed by atoms with Gasteiger partial charge in [-0.1, -0.05) is 45.2 Å². The van der Waals surface area contributed by atoms with Crippen LogP contribution in [0.4, 0.5) is 0 Å². The van der Waals surface area contributed by atoms with Crippen LogP contribution in [0.1, 0.15) is 64.6 Å². The second-order valence-corrected chi connectivity index (χ2v) is 6.75. The molecule has 0 unspecified atom stereocenters. The summed E-state index contributed by atoms with van der Waals surface area (Å²) in [4.78, 5) is 6.79. The van der Waals surface area contributed by atoms with Crippen molar-refractivity contribution in [3.8, 4) is 0 Å². The van der Waals surface area contributed by atoms with Gasteiger partial charge in [-0.3, -0.25) is 4.90 Å². The Morgan fingerprint density at radius 1 is 1.25 bits per heavy atom. The van der Waals surface area contributed by atoms with Crippen molar-refractivity contribution in [3.05, 3.63) is 11.7 Å². The molecule has 0 aromatic carbocycles. The molecule has 0 spiro atoms. The first kappa shape index (κ1) is 15.4. The molecule has 20 heavy (non-hydrogen) atoms. The molecule has 1 aliphatic carbocycles. The summed E-state index contributed by atoms with van der Waals surface area (Å²) in [6, 6.07) is 0.542. The summed E-state index contributed by atoms with van der Waals surface area (Å²) in [6.07, 6.45) is 6.31. The van der Waals surface area contributed by atoms with Gasteiger partial charge in [0.2, 0.25) is 5.89 Å². The Labute approximate surface area is 121 Å². The monoisotopic (exact) mass is 281 g/mol. The van der Waals surface area contributed by atoms with Gasteiger partial charge in [0, 0.05) is 18.0 Å². The van der Waals surface area contributed by atoms with Crippen molar-refractivity contribution in [2.75, 3.05) is 13.2 Å². The van der Waals surface area contributed by atoms with E-state index in [1.54, 1.807) is 0 Å². The molecule has 0 aliphatic heterocycles. The van der Waals surface area contributed by atoms with Gasteiger partial charge in [0.15, 0.2) is 5.82 Å². The van der Waals surface area contributed by atoms with Gasteiger partial charge in [-0.25, -0.2) is 0 Å². The Hall–Kier alpha value is -0.940. The predicted octanol–water partition coefficient (Wildman–Crippen LogP) is 2.49. The van der Waals surface area contributed by atoms with Gasteiger partial charge >= 0.3 is 0 Å². The van der Waals surface area contributed by atoms with Crippen LogP contribution in [-0.4, -0.2) is 39.3 Å². The van der Waals surface area contributed by atoms with Gasteiger partial charge in [0.05, 0.1) is 13.2 Å². The first-order valence-corrected chi connectivity index (χ1v) is 7.68. The minimum atomic E-state index is -0.0889. The van der Waals surface area contributed by atoms with Crippen LogP contribution >= 0.6 is 0 Å². The van der Waals surface area contributed by atoms with Crippen molar-refractivity contribution in [2.45, 2.75) is 70.9 Å². The van der Waals surface area contributed by atoms with E-state index in [1.165, 1.54) is 32.1 Å². The molecule has 0 bridgehead atoms. The zero-order chi connectivity index (χ0) is 14.6. The van der Waals surface area contributed by atoms with E-state index < -0.39 is 0 Å². The SMILES string of the molecule is CC(C)(C)c1noc(CN(CCO)C2CCCCC2)n1. The van der Waals surface area contributed by atoms with E-state index in [1.807, 2.05) is 0 Å². The number of aromatic nitrogens is 2. The molecule has 0 amide bonds. The van der Waals surface area contributed by atoms with E-state index in [9.17, 15) is 5.11 Å². The lowest BCUT2D eigenvalue weighted by Gasteiger charge is -2.32. The molecule has 1 heterocycles. The normalized spacial score (nSPS) is 17.9. The van der Waals surface area contributed by atoms with Crippen LogP contribution in [0.15, 0.2) is 4.52 Å². The van der Waals surface area contributed by atoms with E-state index in [0.29, 0.717) is 25.0 Å². The molecular formula is C15H27N3O2. The van der Waals surface area contributed by atoms with Gasteiger partial charge in [0.25, 0.3) is 0 Å². The fraction of sp³-hybridized carbons (Fsp3) is 0.867. The largest absolute Gasteiger partial charge is 0.395 e. The van der Waals surface area contributed by atoms with Crippen LogP contribution in [0.2, 0.25) is 0 Å². The Morgan fingerprint density at radius 2 is 1.95 bits per heavy atom. The maximum Gasteiger partial charge on any atom is 0.240 e. The van der Waals surface area contributed by atoms with Gasteiger partial charge in [-0.05, 0) is 12.8 Å². The average molecular weight is 281 g/mol. The van der Waals surface area contributed by atoms with E-state index in [4.69, 9.17) is 4.52 Å². The van der Waals surface area contributed by atoms with Crippen molar-refractivity contribution in [1.29, 1.82) is 0 Å². The molecular weight excluding hydrogens is 254 g/mol. The summed E-state index contributed by atoms with van der Waals surface area (Å²) >= 11 is 0. The number of aliphatic hydroxyl groups is 1. The Bertz CT molecular complexity index is 405. The number of nitrogens with zero attached hydrogens (tertiary/aromatic N) is 3. The van der Waals surface area contributed by atoms with Crippen LogP contribution in [0, 0.1) is 0 Å². The topological polar surface area (TPSA) is 62.4 Å². The second-order valence-electron chi connectivity index (χ2n) is 6.75. The summed E-state index contributed by atoms with van der Waals surface area (Å²) in [5, 5.41) is 13.3. The molecule has 0 saturated heterocycles. The van der Waals surface area contributed by atoms with Gasteiger partial charge in [0.1, 0.15) is 0 Å². The lowest BCUT2D eigenvalue weighted by molar-refractivity contribution is 0.105. The molecule has 1 N–H and O–H groups in total. The number of aliphatic hydroxyl groups excluding tert-OH is 1. The molecule has 2 rings (SSSR count). The van der Waals surface area contributed by atoms with E-state index in [2.05, 4.69) is 35.8 Å². The maximum absolute atomic E-state index is 9.27. The fourth-order valence-electron chi connectivity index (χ4n) is 2.76. The number of rotatable bonds is 5. The summed E-state index contributed by atoms with van der Waals surface area (Å²) in [7, 11) is 0. The molecule has 114 valence electrons. The number of hydrogen-bond donors (Lipinski definition) is 1.